The lowest BCUT2D eigenvalue weighted by atomic mass is 10.2. The van der Waals surface area contributed by atoms with Gasteiger partial charge < -0.3 is 5.32 Å². The van der Waals surface area contributed by atoms with Crippen molar-refractivity contribution in [1.29, 1.82) is 0 Å². The van der Waals surface area contributed by atoms with Gasteiger partial charge in [0.25, 0.3) is 0 Å². The number of amides is 1. The molecule has 110 valence electrons. The van der Waals surface area contributed by atoms with Crippen LogP contribution in [0.4, 0.5) is 10.1 Å². The maximum absolute atomic E-state index is 13.6. The molecule has 1 atom stereocenters. The number of anilines is 1. The predicted octanol–water partition coefficient (Wildman–Crippen LogP) is 3.43. The van der Waals surface area contributed by atoms with Crippen molar-refractivity contribution in [3.63, 3.8) is 0 Å². The molecule has 21 heavy (non-hydrogen) atoms. The Balaban J connectivity index is 2.07. The lowest BCUT2D eigenvalue weighted by Gasteiger charge is -2.14. The van der Waals surface area contributed by atoms with Crippen LogP contribution >= 0.6 is 11.8 Å². The molecular weight excluding hydrogens is 289 g/mol. The standard InChI is InChI=1S/C15H16FN3OS/c1-3-13(21-14-8-10(2)17-9-18-14)15(20)19-12-7-5-4-6-11(12)16/h4-9,13H,3H2,1-2H3,(H,19,20)/t13-/m1/s1. The van der Waals surface area contributed by atoms with E-state index in [4.69, 9.17) is 0 Å². The Hall–Kier alpha value is -1.95. The van der Waals surface area contributed by atoms with Gasteiger partial charge in [0.15, 0.2) is 0 Å². The molecule has 0 radical (unpaired) electrons. The number of nitrogens with zero attached hydrogens (tertiary/aromatic N) is 2. The summed E-state index contributed by atoms with van der Waals surface area (Å²) < 4.78 is 13.6. The minimum atomic E-state index is -0.441. The summed E-state index contributed by atoms with van der Waals surface area (Å²) in [6.07, 6.45) is 2.09. The predicted molar refractivity (Wildman–Crippen MR) is 81.7 cm³/mol. The highest BCUT2D eigenvalue weighted by Gasteiger charge is 2.19. The fraction of sp³-hybridized carbons (Fsp3) is 0.267. The molecule has 0 spiro atoms. The molecule has 1 aromatic heterocycles. The topological polar surface area (TPSA) is 54.9 Å². The number of carbonyl (C=O) groups is 1. The molecule has 0 unspecified atom stereocenters. The number of benzene rings is 1. The van der Waals surface area contributed by atoms with Gasteiger partial charge in [0.05, 0.1) is 10.9 Å². The van der Waals surface area contributed by atoms with Gasteiger partial charge in [-0.2, -0.15) is 0 Å². The van der Waals surface area contributed by atoms with E-state index in [1.54, 1.807) is 18.2 Å². The Morgan fingerprint density at radius 1 is 1.38 bits per heavy atom. The molecule has 0 fully saturated rings. The maximum atomic E-state index is 13.6. The molecule has 0 bridgehead atoms. The maximum Gasteiger partial charge on any atom is 0.237 e. The third-order valence-electron chi connectivity index (χ3n) is 2.84. The number of hydrogen-bond donors (Lipinski definition) is 1. The van der Waals surface area contributed by atoms with Crippen LogP contribution in [0.5, 0.6) is 0 Å². The quantitative estimate of drug-likeness (QED) is 0.679. The van der Waals surface area contributed by atoms with Crippen LogP contribution in [-0.4, -0.2) is 21.1 Å². The number of para-hydroxylation sites is 1. The number of halogens is 1. The zero-order valence-corrected chi connectivity index (χ0v) is 12.7. The largest absolute Gasteiger partial charge is 0.323 e. The molecule has 2 rings (SSSR count). The van der Waals surface area contributed by atoms with Crippen molar-refractivity contribution in [3.8, 4) is 0 Å². The van der Waals surface area contributed by atoms with Gasteiger partial charge in [-0.25, -0.2) is 14.4 Å². The Labute approximate surface area is 127 Å². The van der Waals surface area contributed by atoms with Gasteiger partial charge in [0.1, 0.15) is 17.2 Å². The second kappa shape index (κ2) is 7.17. The van der Waals surface area contributed by atoms with E-state index in [1.165, 1.54) is 24.2 Å². The molecule has 4 nitrogen and oxygen atoms in total. The van der Waals surface area contributed by atoms with Crippen molar-refractivity contribution in [3.05, 3.63) is 48.2 Å². The molecule has 0 saturated carbocycles. The first-order valence-corrected chi connectivity index (χ1v) is 7.48. The SMILES string of the molecule is CC[C@@H](Sc1cc(C)ncn1)C(=O)Nc1ccccc1F. The summed E-state index contributed by atoms with van der Waals surface area (Å²) in [4.78, 5) is 20.4. The molecule has 1 aromatic carbocycles. The Kier molecular flexibility index (Phi) is 5.27. The molecule has 1 amide bonds. The van der Waals surface area contributed by atoms with Gasteiger partial charge in [-0.05, 0) is 31.5 Å². The first-order chi connectivity index (χ1) is 10.1. The van der Waals surface area contributed by atoms with Crippen molar-refractivity contribution in [2.75, 3.05) is 5.32 Å². The van der Waals surface area contributed by atoms with Gasteiger partial charge in [-0.1, -0.05) is 30.8 Å². The summed E-state index contributed by atoms with van der Waals surface area (Å²) >= 11 is 1.35. The van der Waals surface area contributed by atoms with Crippen LogP contribution in [0.2, 0.25) is 0 Å². The van der Waals surface area contributed by atoms with Gasteiger partial charge in [-0.3, -0.25) is 4.79 Å². The van der Waals surface area contributed by atoms with Crippen LogP contribution in [0.1, 0.15) is 19.0 Å². The third-order valence-corrected chi connectivity index (χ3v) is 4.13. The van der Waals surface area contributed by atoms with Crippen LogP contribution < -0.4 is 5.32 Å². The highest BCUT2D eigenvalue weighted by molar-refractivity contribution is 8.00. The second-order valence-corrected chi connectivity index (χ2v) is 5.70. The van der Waals surface area contributed by atoms with E-state index in [2.05, 4.69) is 15.3 Å². The lowest BCUT2D eigenvalue weighted by molar-refractivity contribution is -0.115. The minimum Gasteiger partial charge on any atom is -0.323 e. The highest BCUT2D eigenvalue weighted by Crippen LogP contribution is 2.25. The molecule has 6 heteroatoms. The van der Waals surface area contributed by atoms with Crippen molar-refractivity contribution in [2.45, 2.75) is 30.5 Å². The summed E-state index contributed by atoms with van der Waals surface area (Å²) in [5.74, 6) is -0.674. The number of aryl methyl sites for hydroxylation is 1. The number of hydrogen-bond acceptors (Lipinski definition) is 4. The number of carbonyl (C=O) groups excluding carboxylic acids is 1. The van der Waals surface area contributed by atoms with Gasteiger partial charge in [-0.15, -0.1) is 0 Å². The summed E-state index contributed by atoms with van der Waals surface area (Å²) in [6, 6.07) is 7.95. The van der Waals surface area contributed by atoms with Gasteiger partial charge in [0.2, 0.25) is 5.91 Å². The second-order valence-electron chi connectivity index (χ2n) is 4.48. The smallest absolute Gasteiger partial charge is 0.237 e. The van der Waals surface area contributed by atoms with E-state index in [1.807, 2.05) is 19.9 Å². The Bertz CT molecular complexity index is 636. The molecule has 0 aliphatic heterocycles. The molecule has 0 saturated heterocycles. The van der Waals surface area contributed by atoms with E-state index in [9.17, 15) is 9.18 Å². The molecular formula is C15H16FN3OS. The molecule has 1 N–H and O–H groups in total. The molecule has 0 aliphatic rings. The van der Waals surface area contributed by atoms with Gasteiger partial charge in [0, 0.05) is 5.69 Å². The van der Waals surface area contributed by atoms with Crippen LogP contribution in [0.25, 0.3) is 0 Å². The Morgan fingerprint density at radius 2 is 2.14 bits per heavy atom. The number of aromatic nitrogens is 2. The van der Waals surface area contributed by atoms with Crippen LogP contribution in [0.15, 0.2) is 41.7 Å². The van der Waals surface area contributed by atoms with Crippen molar-refractivity contribution in [1.82, 2.24) is 9.97 Å². The van der Waals surface area contributed by atoms with Crippen molar-refractivity contribution < 1.29 is 9.18 Å². The normalized spacial score (nSPS) is 12.0. The van der Waals surface area contributed by atoms with E-state index < -0.39 is 5.82 Å². The van der Waals surface area contributed by atoms with E-state index >= 15 is 0 Å². The first kappa shape index (κ1) is 15.4. The van der Waals surface area contributed by atoms with Crippen molar-refractivity contribution in [2.24, 2.45) is 0 Å². The number of rotatable bonds is 5. The highest BCUT2D eigenvalue weighted by atomic mass is 32.2. The number of nitrogens with one attached hydrogen (secondary N) is 1. The zero-order chi connectivity index (χ0) is 15.2. The monoisotopic (exact) mass is 305 g/mol. The van der Waals surface area contributed by atoms with Crippen LogP contribution in [-0.2, 0) is 4.79 Å². The van der Waals surface area contributed by atoms with Crippen LogP contribution in [0, 0.1) is 12.7 Å². The average Bonchev–Trinajstić information content (AvgIpc) is 2.47. The molecule has 1 heterocycles. The minimum absolute atomic E-state index is 0.195. The molecule has 2 aromatic rings. The third kappa shape index (κ3) is 4.26. The Morgan fingerprint density at radius 3 is 2.81 bits per heavy atom. The van der Waals surface area contributed by atoms with E-state index in [-0.39, 0.29) is 16.8 Å². The first-order valence-electron chi connectivity index (χ1n) is 6.61. The molecule has 0 aliphatic carbocycles. The van der Waals surface area contributed by atoms with Crippen LogP contribution in [0.3, 0.4) is 0 Å². The van der Waals surface area contributed by atoms with Crippen molar-refractivity contribution >= 4 is 23.4 Å². The van der Waals surface area contributed by atoms with Gasteiger partial charge >= 0.3 is 0 Å². The fourth-order valence-corrected chi connectivity index (χ4v) is 2.71. The number of thioether (sulfide) groups is 1. The summed E-state index contributed by atoms with van der Waals surface area (Å²) in [6.45, 7) is 3.78. The summed E-state index contributed by atoms with van der Waals surface area (Å²) in [7, 11) is 0. The van der Waals surface area contributed by atoms with E-state index in [0.29, 0.717) is 6.42 Å². The lowest BCUT2D eigenvalue weighted by Crippen LogP contribution is -2.25. The summed E-state index contributed by atoms with van der Waals surface area (Å²) in [5.41, 5.74) is 1.04. The van der Waals surface area contributed by atoms with E-state index in [0.717, 1.165) is 10.7 Å². The fourth-order valence-electron chi connectivity index (χ4n) is 1.74. The average molecular weight is 305 g/mol. The summed E-state index contributed by atoms with van der Waals surface area (Å²) in [5, 5.41) is 3.02. The zero-order valence-electron chi connectivity index (χ0n) is 11.8.